The fourth-order valence-corrected chi connectivity index (χ4v) is 3.73. The van der Waals surface area contributed by atoms with Crippen molar-refractivity contribution in [2.24, 2.45) is 10.9 Å². The molecule has 0 unspecified atom stereocenters. The molecule has 0 aliphatic rings. The summed E-state index contributed by atoms with van der Waals surface area (Å²) in [5.41, 5.74) is 6.20. The Morgan fingerprint density at radius 1 is 1.19 bits per heavy atom. The zero-order valence-electron chi connectivity index (χ0n) is 10.7. The van der Waals surface area contributed by atoms with Crippen molar-refractivity contribution in [1.82, 2.24) is 0 Å². The van der Waals surface area contributed by atoms with E-state index in [1.165, 1.54) is 12.1 Å². The van der Waals surface area contributed by atoms with E-state index in [2.05, 4.69) is 25.8 Å². The highest BCUT2D eigenvalue weighted by Crippen LogP contribution is 2.24. The van der Waals surface area contributed by atoms with Crippen molar-refractivity contribution in [3.8, 4) is 0 Å². The zero-order valence-corrected chi connectivity index (χ0v) is 13.1. The van der Waals surface area contributed by atoms with Crippen LogP contribution < -0.4 is 10.5 Å². The van der Waals surface area contributed by atoms with Gasteiger partial charge in [-0.25, -0.2) is 8.42 Å². The van der Waals surface area contributed by atoms with Gasteiger partial charge in [0.05, 0.1) is 0 Å². The predicted molar refractivity (Wildman–Crippen MR) is 83.9 cm³/mol. The molecule has 21 heavy (non-hydrogen) atoms. The van der Waals surface area contributed by atoms with Crippen LogP contribution in [0.25, 0.3) is 0 Å². The molecule has 0 radical (unpaired) electrons. The fourth-order valence-electron chi connectivity index (χ4n) is 1.67. The van der Waals surface area contributed by atoms with Gasteiger partial charge in [-0.3, -0.25) is 4.72 Å². The molecule has 2 aromatic rings. The lowest BCUT2D eigenvalue weighted by atomic mass is 10.2. The Morgan fingerprint density at radius 3 is 2.57 bits per heavy atom. The molecule has 2 rings (SSSR count). The molecule has 0 atom stereocenters. The summed E-state index contributed by atoms with van der Waals surface area (Å²) < 4.78 is 27.6. The summed E-state index contributed by atoms with van der Waals surface area (Å²) in [6.45, 7) is 0. The maximum atomic E-state index is 12.3. The zero-order chi connectivity index (χ0) is 15.5. The minimum absolute atomic E-state index is 0.100. The molecular weight excluding hydrogens is 358 g/mol. The molecule has 0 fully saturated rings. The van der Waals surface area contributed by atoms with Gasteiger partial charge < -0.3 is 10.9 Å². The summed E-state index contributed by atoms with van der Waals surface area (Å²) in [5, 5.41) is 11.5. The molecule has 0 bridgehead atoms. The first-order valence-electron chi connectivity index (χ1n) is 5.79. The Balaban J connectivity index is 2.36. The second-order valence-corrected chi connectivity index (χ2v) is 6.61. The van der Waals surface area contributed by atoms with Crippen LogP contribution >= 0.6 is 15.9 Å². The van der Waals surface area contributed by atoms with Gasteiger partial charge in [0.2, 0.25) is 0 Å². The van der Waals surface area contributed by atoms with Gasteiger partial charge in [-0.2, -0.15) is 0 Å². The van der Waals surface area contributed by atoms with Crippen molar-refractivity contribution in [3.05, 3.63) is 58.6 Å². The Labute approximate surface area is 130 Å². The van der Waals surface area contributed by atoms with Crippen LogP contribution in [-0.2, 0) is 10.0 Å². The van der Waals surface area contributed by atoms with E-state index >= 15 is 0 Å². The van der Waals surface area contributed by atoms with Crippen molar-refractivity contribution in [3.63, 3.8) is 0 Å². The van der Waals surface area contributed by atoms with Crippen LogP contribution in [0.2, 0.25) is 0 Å². The van der Waals surface area contributed by atoms with E-state index in [0.29, 0.717) is 15.7 Å². The lowest BCUT2D eigenvalue weighted by Crippen LogP contribution is -2.16. The molecule has 0 saturated heterocycles. The van der Waals surface area contributed by atoms with Crippen LogP contribution in [0.5, 0.6) is 0 Å². The third-order valence-electron chi connectivity index (χ3n) is 2.64. The van der Waals surface area contributed by atoms with Crippen LogP contribution in [0.1, 0.15) is 5.56 Å². The SMILES string of the molecule is N/C(=N/O)c1cccc(NS(=O)(=O)c2ccccc2Br)c1. The molecule has 0 heterocycles. The van der Waals surface area contributed by atoms with Crippen LogP contribution in [0.4, 0.5) is 5.69 Å². The van der Waals surface area contributed by atoms with E-state index in [-0.39, 0.29) is 10.7 Å². The summed E-state index contributed by atoms with van der Waals surface area (Å²) in [7, 11) is -3.73. The summed E-state index contributed by atoms with van der Waals surface area (Å²) >= 11 is 3.20. The monoisotopic (exact) mass is 369 g/mol. The minimum Gasteiger partial charge on any atom is -0.409 e. The molecule has 0 aliphatic heterocycles. The summed E-state index contributed by atoms with van der Waals surface area (Å²) in [4.78, 5) is 0.124. The number of nitrogens with one attached hydrogen (secondary N) is 1. The summed E-state index contributed by atoms with van der Waals surface area (Å²) in [5.74, 6) is -0.100. The minimum atomic E-state index is -3.73. The number of oxime groups is 1. The van der Waals surface area contributed by atoms with Crippen LogP contribution in [0, 0.1) is 0 Å². The van der Waals surface area contributed by atoms with Gasteiger partial charge in [0, 0.05) is 15.7 Å². The van der Waals surface area contributed by atoms with E-state index < -0.39 is 10.0 Å². The molecule has 0 amide bonds. The molecule has 6 nitrogen and oxygen atoms in total. The van der Waals surface area contributed by atoms with Gasteiger partial charge in [0.25, 0.3) is 10.0 Å². The molecule has 0 spiro atoms. The number of halogens is 1. The van der Waals surface area contributed by atoms with Crippen LogP contribution in [-0.4, -0.2) is 19.5 Å². The van der Waals surface area contributed by atoms with E-state index in [9.17, 15) is 8.42 Å². The lowest BCUT2D eigenvalue weighted by molar-refractivity contribution is 0.318. The van der Waals surface area contributed by atoms with Gasteiger partial charge in [0.1, 0.15) is 4.90 Å². The van der Waals surface area contributed by atoms with Crippen molar-refractivity contribution in [2.45, 2.75) is 4.90 Å². The van der Waals surface area contributed by atoms with E-state index in [0.717, 1.165) is 0 Å². The Hall–Kier alpha value is -2.06. The number of hydrogen-bond acceptors (Lipinski definition) is 4. The molecular formula is C13H12BrN3O3S. The number of amidine groups is 1. The Kier molecular flexibility index (Phi) is 4.49. The van der Waals surface area contributed by atoms with Crippen LogP contribution in [0.3, 0.4) is 0 Å². The highest BCUT2D eigenvalue weighted by molar-refractivity contribution is 9.10. The highest BCUT2D eigenvalue weighted by Gasteiger charge is 2.17. The molecule has 0 aromatic heterocycles. The van der Waals surface area contributed by atoms with Gasteiger partial charge in [-0.15, -0.1) is 0 Å². The van der Waals surface area contributed by atoms with Gasteiger partial charge in [-0.1, -0.05) is 29.4 Å². The normalized spacial score (nSPS) is 12.1. The number of nitrogens with zero attached hydrogens (tertiary/aromatic N) is 1. The number of rotatable bonds is 4. The van der Waals surface area contributed by atoms with E-state index in [1.54, 1.807) is 36.4 Å². The summed E-state index contributed by atoms with van der Waals surface area (Å²) in [6.07, 6.45) is 0. The number of sulfonamides is 1. The second-order valence-electron chi connectivity index (χ2n) is 4.10. The average Bonchev–Trinajstić information content (AvgIpc) is 2.46. The first-order chi connectivity index (χ1) is 9.94. The van der Waals surface area contributed by atoms with Crippen LogP contribution in [0.15, 0.2) is 63.1 Å². The molecule has 8 heteroatoms. The highest BCUT2D eigenvalue weighted by atomic mass is 79.9. The molecule has 0 saturated carbocycles. The average molecular weight is 370 g/mol. The Morgan fingerprint density at radius 2 is 1.90 bits per heavy atom. The van der Waals surface area contributed by atoms with Crippen molar-refractivity contribution < 1.29 is 13.6 Å². The number of hydrogen-bond donors (Lipinski definition) is 3. The molecule has 4 N–H and O–H groups in total. The largest absolute Gasteiger partial charge is 0.409 e. The molecule has 2 aromatic carbocycles. The van der Waals surface area contributed by atoms with Gasteiger partial charge >= 0.3 is 0 Å². The maximum Gasteiger partial charge on any atom is 0.263 e. The lowest BCUT2D eigenvalue weighted by Gasteiger charge is -2.10. The Bertz CT molecular complexity index is 791. The fraction of sp³-hybridized carbons (Fsp3) is 0. The topological polar surface area (TPSA) is 105 Å². The first-order valence-corrected chi connectivity index (χ1v) is 8.07. The van der Waals surface area contributed by atoms with Gasteiger partial charge in [-0.05, 0) is 40.2 Å². The molecule has 110 valence electrons. The van der Waals surface area contributed by atoms with Crippen molar-refractivity contribution in [2.75, 3.05) is 4.72 Å². The van der Waals surface area contributed by atoms with Gasteiger partial charge in [0.15, 0.2) is 5.84 Å². The molecule has 0 aliphatic carbocycles. The number of anilines is 1. The second kappa shape index (κ2) is 6.15. The number of nitrogens with two attached hydrogens (primary N) is 1. The quantitative estimate of drug-likeness (QED) is 0.333. The first kappa shape index (κ1) is 15.3. The third-order valence-corrected chi connectivity index (χ3v) is 5.04. The van der Waals surface area contributed by atoms with Crippen molar-refractivity contribution in [1.29, 1.82) is 0 Å². The summed E-state index contributed by atoms with van der Waals surface area (Å²) in [6, 6.07) is 12.7. The van der Waals surface area contributed by atoms with E-state index in [1.807, 2.05) is 0 Å². The smallest absolute Gasteiger partial charge is 0.263 e. The maximum absolute atomic E-state index is 12.3. The van der Waals surface area contributed by atoms with Crippen molar-refractivity contribution >= 4 is 37.5 Å². The predicted octanol–water partition coefficient (Wildman–Crippen LogP) is 2.34. The number of benzene rings is 2. The van der Waals surface area contributed by atoms with E-state index in [4.69, 9.17) is 10.9 Å². The standard InChI is InChI=1S/C13H12BrN3O3S/c14-11-6-1-2-7-12(11)21(19,20)17-10-5-3-4-9(8-10)13(15)16-18/h1-8,17-18H,(H2,15,16). The third kappa shape index (κ3) is 3.53.